The molecule has 0 spiro atoms. The molecule has 0 saturated heterocycles. The van der Waals surface area contributed by atoms with Gasteiger partial charge < -0.3 is 9.47 Å². The normalized spacial score (nSPS) is 14.6. The third kappa shape index (κ3) is 3.43. The average Bonchev–Trinajstić information content (AvgIpc) is 2.66. The number of hydrogen-bond donors (Lipinski definition) is 0. The first-order valence-corrected chi connectivity index (χ1v) is 8.57. The molecule has 3 rings (SSSR count). The van der Waals surface area contributed by atoms with E-state index < -0.39 is 29.3 Å². The van der Waals surface area contributed by atoms with E-state index in [2.05, 4.69) is 0 Å². The number of carbonyl (C=O) groups excluding carboxylic acids is 1. The lowest BCUT2D eigenvalue weighted by atomic mass is 9.90. The molecule has 3 aromatic carbocycles. The van der Waals surface area contributed by atoms with E-state index in [1.807, 2.05) is 36.4 Å². The molecular formula is C22H20F2O3. The van der Waals surface area contributed by atoms with Gasteiger partial charge in [0.2, 0.25) is 0 Å². The SMILES string of the molecule is CO[C@](C)(C(=O)O[C@@H](C)c1c(F)cccc1F)c1cccc2ccccc12. The van der Waals surface area contributed by atoms with E-state index in [1.54, 1.807) is 13.0 Å². The standard InChI is InChI=1S/C22H20F2O3/c1-14(20-18(23)12-7-13-19(20)24)27-21(25)22(2,26-3)17-11-6-9-15-8-4-5-10-16(15)17/h4-14H,1-3H3/t14-,22-/m0/s1. The number of benzene rings is 3. The van der Waals surface area contributed by atoms with Crippen LogP contribution in [-0.2, 0) is 19.9 Å². The van der Waals surface area contributed by atoms with Crippen molar-refractivity contribution in [2.45, 2.75) is 25.6 Å². The fourth-order valence-electron chi connectivity index (χ4n) is 3.18. The van der Waals surface area contributed by atoms with Crippen LogP contribution >= 0.6 is 0 Å². The Balaban J connectivity index is 1.98. The summed E-state index contributed by atoms with van der Waals surface area (Å²) in [6.07, 6.45) is -1.11. The van der Waals surface area contributed by atoms with Crippen LogP contribution in [0.15, 0.2) is 60.7 Å². The monoisotopic (exact) mass is 370 g/mol. The van der Waals surface area contributed by atoms with E-state index in [9.17, 15) is 13.6 Å². The summed E-state index contributed by atoms with van der Waals surface area (Å²) in [6.45, 7) is 3.01. The third-order valence-corrected chi connectivity index (χ3v) is 4.79. The number of rotatable bonds is 5. The molecule has 0 unspecified atom stereocenters. The van der Waals surface area contributed by atoms with Crippen molar-refractivity contribution in [3.63, 3.8) is 0 Å². The summed E-state index contributed by atoms with van der Waals surface area (Å²) in [5.41, 5.74) is -1.10. The zero-order valence-corrected chi connectivity index (χ0v) is 15.3. The minimum absolute atomic E-state index is 0.290. The Bertz CT molecular complexity index is 961. The highest BCUT2D eigenvalue weighted by atomic mass is 19.1. The van der Waals surface area contributed by atoms with Gasteiger partial charge in [0.1, 0.15) is 17.7 Å². The van der Waals surface area contributed by atoms with Gasteiger partial charge in [0.15, 0.2) is 5.60 Å². The first-order valence-electron chi connectivity index (χ1n) is 8.57. The molecule has 2 atom stereocenters. The van der Waals surface area contributed by atoms with Crippen LogP contribution in [0.25, 0.3) is 10.8 Å². The predicted octanol–water partition coefficient (Wildman–Crippen LogP) is 5.28. The van der Waals surface area contributed by atoms with Crippen LogP contribution < -0.4 is 0 Å². The Morgan fingerprint density at radius 3 is 2.22 bits per heavy atom. The number of fused-ring (bicyclic) bond motifs is 1. The Morgan fingerprint density at radius 1 is 0.963 bits per heavy atom. The van der Waals surface area contributed by atoms with Crippen molar-refractivity contribution in [1.29, 1.82) is 0 Å². The Kier molecular flexibility index (Phi) is 5.24. The molecule has 0 aliphatic rings. The average molecular weight is 370 g/mol. The summed E-state index contributed by atoms with van der Waals surface area (Å²) < 4.78 is 38.9. The molecule has 3 nitrogen and oxygen atoms in total. The van der Waals surface area contributed by atoms with E-state index in [-0.39, 0.29) is 5.56 Å². The summed E-state index contributed by atoms with van der Waals surface area (Å²) in [5, 5.41) is 1.78. The minimum atomic E-state index is -1.43. The van der Waals surface area contributed by atoms with Gasteiger partial charge in [-0.05, 0) is 36.8 Å². The van der Waals surface area contributed by atoms with Crippen LogP contribution in [0.4, 0.5) is 8.78 Å². The lowest BCUT2D eigenvalue weighted by molar-refractivity contribution is -0.173. The fourth-order valence-corrected chi connectivity index (χ4v) is 3.18. The summed E-state index contributed by atoms with van der Waals surface area (Å²) in [7, 11) is 1.40. The van der Waals surface area contributed by atoms with E-state index >= 15 is 0 Å². The van der Waals surface area contributed by atoms with E-state index in [0.29, 0.717) is 5.56 Å². The van der Waals surface area contributed by atoms with Gasteiger partial charge in [-0.15, -0.1) is 0 Å². The maximum absolute atomic E-state index is 14.0. The molecule has 0 N–H and O–H groups in total. The molecule has 0 heterocycles. The number of carbonyl (C=O) groups is 1. The molecule has 0 saturated carbocycles. The number of halogens is 2. The topological polar surface area (TPSA) is 35.5 Å². The van der Waals surface area contributed by atoms with Gasteiger partial charge in [-0.2, -0.15) is 0 Å². The predicted molar refractivity (Wildman–Crippen MR) is 99.2 cm³/mol. The van der Waals surface area contributed by atoms with Gasteiger partial charge in [-0.3, -0.25) is 0 Å². The number of methoxy groups -OCH3 is 1. The molecule has 0 bridgehead atoms. The van der Waals surface area contributed by atoms with Crippen molar-refractivity contribution in [2.24, 2.45) is 0 Å². The van der Waals surface area contributed by atoms with Crippen LogP contribution in [-0.4, -0.2) is 13.1 Å². The van der Waals surface area contributed by atoms with Crippen molar-refractivity contribution in [2.75, 3.05) is 7.11 Å². The lowest BCUT2D eigenvalue weighted by Crippen LogP contribution is -2.37. The molecule has 0 radical (unpaired) electrons. The Labute approximate surface area is 156 Å². The van der Waals surface area contributed by atoms with Gasteiger partial charge >= 0.3 is 5.97 Å². The van der Waals surface area contributed by atoms with Crippen LogP contribution in [0.2, 0.25) is 0 Å². The van der Waals surface area contributed by atoms with Crippen molar-refractivity contribution >= 4 is 16.7 Å². The van der Waals surface area contributed by atoms with Gasteiger partial charge in [-0.1, -0.05) is 48.5 Å². The number of hydrogen-bond acceptors (Lipinski definition) is 3. The zero-order valence-electron chi connectivity index (χ0n) is 15.3. The molecule has 0 aromatic heterocycles. The van der Waals surface area contributed by atoms with Crippen LogP contribution in [0.1, 0.15) is 31.1 Å². The first-order chi connectivity index (χ1) is 12.9. The largest absolute Gasteiger partial charge is 0.455 e. The van der Waals surface area contributed by atoms with E-state index in [1.165, 1.54) is 20.1 Å². The molecule has 3 aromatic rings. The van der Waals surface area contributed by atoms with Gasteiger partial charge in [-0.25, -0.2) is 13.6 Å². The molecule has 27 heavy (non-hydrogen) atoms. The molecule has 5 heteroatoms. The second-order valence-electron chi connectivity index (χ2n) is 6.45. The highest BCUT2D eigenvalue weighted by Crippen LogP contribution is 2.34. The molecule has 0 fully saturated rings. The molecular weight excluding hydrogens is 350 g/mol. The van der Waals surface area contributed by atoms with Gasteiger partial charge in [0.25, 0.3) is 0 Å². The smallest absolute Gasteiger partial charge is 0.343 e. The summed E-state index contributed by atoms with van der Waals surface area (Å²) in [6, 6.07) is 16.6. The van der Waals surface area contributed by atoms with Crippen molar-refractivity contribution in [3.05, 3.63) is 83.4 Å². The zero-order chi connectivity index (χ0) is 19.6. The molecule has 0 amide bonds. The highest BCUT2D eigenvalue weighted by Gasteiger charge is 2.39. The van der Waals surface area contributed by atoms with Crippen LogP contribution in [0, 0.1) is 11.6 Å². The Hall–Kier alpha value is -2.79. The molecule has 0 aliphatic heterocycles. The van der Waals surface area contributed by atoms with Gasteiger partial charge in [0, 0.05) is 12.7 Å². The second-order valence-corrected chi connectivity index (χ2v) is 6.45. The summed E-state index contributed by atoms with van der Waals surface area (Å²) in [4.78, 5) is 13.0. The van der Waals surface area contributed by atoms with Crippen LogP contribution in [0.3, 0.4) is 0 Å². The lowest BCUT2D eigenvalue weighted by Gasteiger charge is -2.29. The number of ether oxygens (including phenoxy) is 2. The van der Waals surface area contributed by atoms with E-state index in [0.717, 1.165) is 22.9 Å². The summed E-state index contributed by atoms with van der Waals surface area (Å²) in [5.74, 6) is -2.25. The van der Waals surface area contributed by atoms with Crippen molar-refractivity contribution < 1.29 is 23.0 Å². The van der Waals surface area contributed by atoms with Crippen molar-refractivity contribution in [1.82, 2.24) is 0 Å². The third-order valence-electron chi connectivity index (χ3n) is 4.79. The second kappa shape index (κ2) is 7.45. The highest BCUT2D eigenvalue weighted by molar-refractivity contribution is 5.92. The maximum atomic E-state index is 14.0. The molecule has 0 aliphatic carbocycles. The van der Waals surface area contributed by atoms with Gasteiger partial charge in [0.05, 0.1) is 5.56 Å². The molecule has 140 valence electrons. The fraction of sp³-hybridized carbons (Fsp3) is 0.227. The quantitative estimate of drug-likeness (QED) is 0.573. The van der Waals surface area contributed by atoms with Crippen LogP contribution in [0.5, 0.6) is 0 Å². The van der Waals surface area contributed by atoms with E-state index in [4.69, 9.17) is 9.47 Å². The first kappa shape index (κ1) is 19.0. The minimum Gasteiger partial charge on any atom is -0.455 e. The maximum Gasteiger partial charge on any atom is 0.343 e. The Morgan fingerprint density at radius 2 is 1.56 bits per heavy atom. The van der Waals surface area contributed by atoms with Crippen molar-refractivity contribution in [3.8, 4) is 0 Å². The summed E-state index contributed by atoms with van der Waals surface area (Å²) >= 11 is 0. The number of esters is 1.